The van der Waals surface area contributed by atoms with Crippen LogP contribution in [0.25, 0.3) is 0 Å². The maximum Gasteiger partial charge on any atom is 0.339 e. The maximum atomic E-state index is 12.1. The van der Waals surface area contributed by atoms with Crippen molar-refractivity contribution in [3.05, 3.63) is 34.9 Å². The number of carbonyl (C=O) groups excluding carboxylic acids is 1. The Morgan fingerprint density at radius 1 is 1.26 bits per heavy atom. The van der Waals surface area contributed by atoms with Crippen molar-refractivity contribution in [1.29, 1.82) is 0 Å². The van der Waals surface area contributed by atoms with E-state index in [1.807, 2.05) is 20.8 Å². The number of carboxylic acids is 1. The van der Waals surface area contributed by atoms with Crippen LogP contribution < -0.4 is 0 Å². The van der Waals surface area contributed by atoms with Crippen LogP contribution >= 0.6 is 0 Å². The van der Waals surface area contributed by atoms with Gasteiger partial charge in [-0.2, -0.15) is 0 Å². The summed E-state index contributed by atoms with van der Waals surface area (Å²) in [6.07, 6.45) is 1.62. The van der Waals surface area contributed by atoms with E-state index in [-0.39, 0.29) is 11.1 Å². The fraction of sp³-hybridized carbons (Fsp3) is 0.467. The molecule has 0 saturated carbocycles. The summed E-state index contributed by atoms with van der Waals surface area (Å²) in [4.78, 5) is 23.2. The number of benzene rings is 1. The third-order valence-electron chi connectivity index (χ3n) is 2.85. The average Bonchev–Trinajstić information content (AvgIpc) is 2.27. The van der Waals surface area contributed by atoms with Crippen LogP contribution in [0.4, 0.5) is 0 Å². The van der Waals surface area contributed by atoms with E-state index >= 15 is 0 Å². The van der Waals surface area contributed by atoms with Gasteiger partial charge in [-0.3, -0.25) is 0 Å². The number of aromatic carboxylic acids is 1. The number of carboxylic acid groups (broad SMARTS) is 1. The van der Waals surface area contributed by atoms with Crippen molar-refractivity contribution in [2.75, 3.05) is 0 Å². The van der Waals surface area contributed by atoms with Crippen molar-refractivity contribution >= 4 is 11.9 Å². The molecule has 1 rings (SSSR count). The summed E-state index contributed by atoms with van der Waals surface area (Å²) >= 11 is 0. The summed E-state index contributed by atoms with van der Waals surface area (Å²) in [5, 5.41) is 9.13. The summed E-state index contributed by atoms with van der Waals surface area (Å²) in [7, 11) is 0. The second-order valence-electron chi connectivity index (χ2n) is 5.25. The monoisotopic (exact) mass is 264 g/mol. The summed E-state index contributed by atoms with van der Waals surface area (Å²) in [5.41, 5.74) is 0.285. The van der Waals surface area contributed by atoms with Crippen molar-refractivity contribution < 1.29 is 19.4 Å². The molecule has 0 fully saturated rings. The third kappa shape index (κ3) is 4.09. The predicted molar refractivity (Wildman–Crippen MR) is 72.5 cm³/mol. The Morgan fingerprint density at radius 3 is 2.42 bits per heavy atom. The van der Waals surface area contributed by atoms with E-state index in [9.17, 15) is 9.59 Å². The fourth-order valence-corrected chi connectivity index (χ4v) is 1.97. The lowest BCUT2D eigenvalue weighted by atomic mass is 10.0. The Bertz CT molecular complexity index is 489. The normalized spacial score (nSPS) is 11.2. The van der Waals surface area contributed by atoms with Gasteiger partial charge >= 0.3 is 11.9 Å². The molecular weight excluding hydrogens is 244 g/mol. The number of hydrogen-bond donors (Lipinski definition) is 1. The zero-order chi connectivity index (χ0) is 14.6. The van der Waals surface area contributed by atoms with E-state index in [2.05, 4.69) is 0 Å². The van der Waals surface area contributed by atoms with Crippen molar-refractivity contribution in [3.8, 4) is 0 Å². The van der Waals surface area contributed by atoms with Crippen LogP contribution in [-0.4, -0.2) is 22.6 Å². The molecule has 4 heteroatoms. The van der Waals surface area contributed by atoms with Gasteiger partial charge in [0.1, 0.15) is 5.60 Å². The lowest BCUT2D eigenvalue weighted by Gasteiger charge is -2.24. The molecule has 0 saturated heterocycles. The first kappa shape index (κ1) is 15.2. The molecule has 0 aliphatic rings. The standard InChI is InChI=1S/C15H20O4/c1-5-8-15(3,4)19-14(18)11-7-6-10(2)9-12(11)13(16)17/h6-7,9H,5,8H2,1-4H3,(H,16,17). The molecule has 19 heavy (non-hydrogen) atoms. The first-order chi connectivity index (χ1) is 8.76. The molecule has 4 nitrogen and oxygen atoms in total. The Labute approximate surface area is 113 Å². The van der Waals surface area contributed by atoms with Crippen LogP contribution in [0, 0.1) is 6.92 Å². The Kier molecular flexibility index (Phi) is 4.70. The Morgan fingerprint density at radius 2 is 1.89 bits per heavy atom. The minimum Gasteiger partial charge on any atom is -0.478 e. The van der Waals surface area contributed by atoms with Crippen molar-refractivity contribution in [1.82, 2.24) is 0 Å². The van der Waals surface area contributed by atoms with E-state index in [1.54, 1.807) is 13.0 Å². The molecule has 0 aliphatic carbocycles. The molecule has 0 spiro atoms. The van der Waals surface area contributed by atoms with Gasteiger partial charge in [0, 0.05) is 0 Å². The summed E-state index contributed by atoms with van der Waals surface area (Å²) < 4.78 is 5.39. The maximum absolute atomic E-state index is 12.1. The molecule has 0 bridgehead atoms. The molecule has 0 aliphatic heterocycles. The van der Waals surface area contributed by atoms with E-state index in [4.69, 9.17) is 9.84 Å². The van der Waals surface area contributed by atoms with Gasteiger partial charge in [0.2, 0.25) is 0 Å². The van der Waals surface area contributed by atoms with Gasteiger partial charge in [-0.1, -0.05) is 25.0 Å². The van der Waals surface area contributed by atoms with Gasteiger partial charge in [0.05, 0.1) is 11.1 Å². The van der Waals surface area contributed by atoms with Crippen molar-refractivity contribution in [3.63, 3.8) is 0 Å². The smallest absolute Gasteiger partial charge is 0.339 e. The predicted octanol–water partition coefficient (Wildman–Crippen LogP) is 3.43. The Balaban J connectivity index is 3.03. The van der Waals surface area contributed by atoms with E-state index in [0.717, 1.165) is 18.4 Å². The van der Waals surface area contributed by atoms with Crippen LogP contribution in [0.5, 0.6) is 0 Å². The lowest BCUT2D eigenvalue weighted by Crippen LogP contribution is -2.28. The van der Waals surface area contributed by atoms with E-state index in [1.165, 1.54) is 12.1 Å². The summed E-state index contributed by atoms with van der Waals surface area (Å²) in [6.45, 7) is 7.43. The van der Waals surface area contributed by atoms with Gasteiger partial charge in [0.15, 0.2) is 0 Å². The second kappa shape index (κ2) is 5.87. The largest absolute Gasteiger partial charge is 0.478 e. The molecule has 0 atom stereocenters. The zero-order valence-corrected chi connectivity index (χ0v) is 11.8. The van der Waals surface area contributed by atoms with Crippen molar-refractivity contribution in [2.24, 2.45) is 0 Å². The number of aryl methyl sites for hydroxylation is 1. The van der Waals surface area contributed by atoms with Crippen LogP contribution in [0.2, 0.25) is 0 Å². The average molecular weight is 264 g/mol. The molecule has 0 heterocycles. The zero-order valence-electron chi connectivity index (χ0n) is 11.8. The molecule has 0 aromatic heterocycles. The summed E-state index contributed by atoms with van der Waals surface area (Å²) in [6, 6.07) is 4.69. The molecular formula is C15H20O4. The molecule has 1 aromatic rings. The number of ether oxygens (including phenoxy) is 1. The Hall–Kier alpha value is -1.84. The van der Waals surface area contributed by atoms with Gasteiger partial charge in [-0.05, 0) is 39.3 Å². The highest BCUT2D eigenvalue weighted by molar-refractivity contribution is 6.02. The minimum atomic E-state index is -1.12. The number of carbonyl (C=O) groups is 2. The van der Waals surface area contributed by atoms with E-state index in [0.29, 0.717) is 0 Å². The fourth-order valence-electron chi connectivity index (χ4n) is 1.97. The van der Waals surface area contributed by atoms with Crippen LogP contribution in [0.15, 0.2) is 18.2 Å². The van der Waals surface area contributed by atoms with E-state index < -0.39 is 17.5 Å². The van der Waals surface area contributed by atoms with Gasteiger partial charge in [-0.15, -0.1) is 0 Å². The van der Waals surface area contributed by atoms with Gasteiger partial charge in [-0.25, -0.2) is 9.59 Å². The minimum absolute atomic E-state index is 0.0164. The summed E-state index contributed by atoms with van der Waals surface area (Å²) in [5.74, 6) is -1.71. The number of esters is 1. The first-order valence-electron chi connectivity index (χ1n) is 6.34. The van der Waals surface area contributed by atoms with Crippen LogP contribution in [0.3, 0.4) is 0 Å². The first-order valence-corrected chi connectivity index (χ1v) is 6.34. The highest BCUT2D eigenvalue weighted by atomic mass is 16.6. The molecule has 0 radical (unpaired) electrons. The van der Waals surface area contributed by atoms with Crippen molar-refractivity contribution in [2.45, 2.75) is 46.1 Å². The highest BCUT2D eigenvalue weighted by Crippen LogP contribution is 2.21. The molecule has 104 valence electrons. The molecule has 1 N–H and O–H groups in total. The molecule has 0 amide bonds. The second-order valence-corrected chi connectivity index (χ2v) is 5.25. The van der Waals surface area contributed by atoms with Gasteiger partial charge in [0.25, 0.3) is 0 Å². The SMILES string of the molecule is CCCC(C)(C)OC(=O)c1ccc(C)cc1C(=O)O. The molecule has 0 unspecified atom stereocenters. The highest BCUT2D eigenvalue weighted by Gasteiger charge is 2.25. The quantitative estimate of drug-likeness (QED) is 0.827. The lowest BCUT2D eigenvalue weighted by molar-refractivity contribution is -0.00501. The van der Waals surface area contributed by atoms with Crippen LogP contribution in [-0.2, 0) is 4.74 Å². The number of hydrogen-bond acceptors (Lipinski definition) is 3. The molecule has 1 aromatic carbocycles. The third-order valence-corrected chi connectivity index (χ3v) is 2.85. The van der Waals surface area contributed by atoms with Gasteiger partial charge < -0.3 is 9.84 Å². The van der Waals surface area contributed by atoms with Crippen LogP contribution in [0.1, 0.15) is 59.9 Å². The topological polar surface area (TPSA) is 63.6 Å². The number of rotatable bonds is 5.